The van der Waals surface area contributed by atoms with E-state index in [4.69, 9.17) is 4.43 Å². The Kier molecular flexibility index (Phi) is 6.23. The van der Waals surface area contributed by atoms with Gasteiger partial charge in [0, 0.05) is 18.5 Å². The lowest BCUT2D eigenvalue weighted by Crippen LogP contribution is -2.45. The largest absolute Gasteiger partial charge is 0.417 e. The zero-order chi connectivity index (χ0) is 18.1. The highest BCUT2D eigenvalue weighted by atomic mass is 28.3. The van der Waals surface area contributed by atoms with Crippen LogP contribution in [0.5, 0.6) is 0 Å². The Hall–Kier alpha value is -0.353. The molecule has 0 spiro atoms. The van der Waals surface area contributed by atoms with Crippen molar-refractivity contribution in [2.75, 3.05) is 6.54 Å². The summed E-state index contributed by atoms with van der Waals surface area (Å²) in [6.07, 6.45) is 7.76. The molecule has 2 unspecified atom stereocenters. The second kappa shape index (κ2) is 7.49. The summed E-state index contributed by atoms with van der Waals surface area (Å²) in [4.78, 5) is 15.5. The zero-order valence-corrected chi connectivity index (χ0v) is 18.2. The van der Waals surface area contributed by atoms with Crippen molar-refractivity contribution in [3.05, 3.63) is 0 Å². The molecule has 1 amide bonds. The second-order valence-electron chi connectivity index (χ2n) is 9.90. The van der Waals surface area contributed by atoms with Crippen molar-refractivity contribution in [2.45, 2.75) is 98.4 Å². The number of nitrogens with zero attached hydrogens (tertiary/aromatic N) is 1. The minimum absolute atomic E-state index is 0.0684. The highest BCUT2D eigenvalue weighted by molar-refractivity contribution is 6.48. The van der Waals surface area contributed by atoms with Gasteiger partial charge in [-0.1, -0.05) is 60.3 Å². The van der Waals surface area contributed by atoms with Crippen molar-refractivity contribution in [1.82, 2.24) is 4.90 Å². The first-order chi connectivity index (χ1) is 11.0. The number of carbonyl (C=O) groups excluding carboxylic acids is 1. The monoisotopic (exact) mass is 353 g/mol. The van der Waals surface area contributed by atoms with Gasteiger partial charge in [0.2, 0.25) is 5.91 Å². The van der Waals surface area contributed by atoms with Gasteiger partial charge in [0.25, 0.3) is 0 Å². The van der Waals surface area contributed by atoms with E-state index in [-0.39, 0.29) is 16.9 Å². The van der Waals surface area contributed by atoms with E-state index in [9.17, 15) is 4.79 Å². The van der Waals surface area contributed by atoms with Crippen molar-refractivity contribution in [3.63, 3.8) is 0 Å². The second-order valence-corrected chi connectivity index (χ2v) is 12.3. The maximum Gasteiger partial charge on any atom is 0.228 e. The highest BCUT2D eigenvalue weighted by Gasteiger charge is 2.54. The fourth-order valence-corrected chi connectivity index (χ4v) is 5.79. The molecule has 1 aliphatic carbocycles. The van der Waals surface area contributed by atoms with E-state index in [1.807, 2.05) is 0 Å². The van der Waals surface area contributed by atoms with Crippen LogP contribution in [-0.2, 0) is 9.22 Å². The first-order valence-electron chi connectivity index (χ1n) is 10.0. The van der Waals surface area contributed by atoms with Crippen LogP contribution in [0, 0.1) is 16.7 Å². The molecule has 0 bridgehead atoms. The van der Waals surface area contributed by atoms with Gasteiger partial charge in [0.1, 0.15) is 0 Å². The van der Waals surface area contributed by atoms with E-state index in [1.165, 1.54) is 38.5 Å². The minimum atomic E-state index is -1.15. The van der Waals surface area contributed by atoms with Gasteiger partial charge < -0.3 is 9.33 Å². The molecular weight excluding hydrogens is 314 g/mol. The van der Waals surface area contributed by atoms with E-state index >= 15 is 0 Å². The average Bonchev–Trinajstić information content (AvgIpc) is 2.65. The molecule has 0 aromatic heterocycles. The van der Waals surface area contributed by atoms with E-state index in [0.717, 1.165) is 6.54 Å². The molecule has 2 rings (SSSR count). The van der Waals surface area contributed by atoms with Crippen molar-refractivity contribution in [2.24, 2.45) is 16.7 Å². The number of carbonyl (C=O) groups is 1. The summed E-state index contributed by atoms with van der Waals surface area (Å²) < 4.78 is 6.50. The molecule has 0 aromatic carbocycles. The Morgan fingerprint density at radius 3 is 2.12 bits per heavy atom. The summed E-state index contributed by atoms with van der Waals surface area (Å²) >= 11 is 0. The van der Waals surface area contributed by atoms with Crippen LogP contribution < -0.4 is 0 Å². The number of hydrogen-bond acceptors (Lipinski definition) is 2. The highest BCUT2D eigenvalue weighted by Crippen LogP contribution is 2.46. The molecule has 2 atom stereocenters. The van der Waals surface area contributed by atoms with Gasteiger partial charge in [0.15, 0.2) is 9.04 Å². The van der Waals surface area contributed by atoms with Crippen LogP contribution >= 0.6 is 0 Å². The normalized spacial score (nSPS) is 27.6. The number of amides is 1. The summed E-state index contributed by atoms with van der Waals surface area (Å²) in [5.41, 5.74) is -0.244. The third-order valence-corrected chi connectivity index (χ3v) is 6.87. The molecule has 1 saturated carbocycles. The SMILES string of the molecule is C[SiH](C)OC(C1CN(C2CCCCCC2)C(=O)C1(C)C)C(C)(C)C. The molecule has 24 heavy (non-hydrogen) atoms. The van der Waals surface area contributed by atoms with E-state index in [1.54, 1.807) is 0 Å². The van der Waals surface area contributed by atoms with Crippen LogP contribution in [-0.4, -0.2) is 38.5 Å². The summed E-state index contributed by atoms with van der Waals surface area (Å²) in [6.45, 7) is 16.5. The molecule has 1 heterocycles. The van der Waals surface area contributed by atoms with Crippen molar-refractivity contribution < 1.29 is 9.22 Å². The Balaban J connectivity index is 2.24. The van der Waals surface area contributed by atoms with Crippen LogP contribution in [0.1, 0.15) is 73.1 Å². The molecule has 1 saturated heterocycles. The summed E-state index contributed by atoms with van der Waals surface area (Å²) in [7, 11) is -1.15. The van der Waals surface area contributed by atoms with Crippen LogP contribution in [0.3, 0.4) is 0 Å². The average molecular weight is 354 g/mol. The molecule has 2 fully saturated rings. The van der Waals surface area contributed by atoms with Gasteiger partial charge in [-0.05, 0) is 31.4 Å². The standard InChI is InChI=1S/C20H39NO2Si/c1-19(2,3)17(23-24(6)7)16-14-21(18(22)20(16,4)5)15-12-10-8-9-11-13-15/h15-17,24H,8-14H2,1-7H3. The molecule has 1 aliphatic heterocycles. The molecule has 0 radical (unpaired) electrons. The quantitative estimate of drug-likeness (QED) is 0.546. The van der Waals surface area contributed by atoms with Gasteiger partial charge >= 0.3 is 0 Å². The van der Waals surface area contributed by atoms with E-state index < -0.39 is 9.04 Å². The van der Waals surface area contributed by atoms with Crippen LogP contribution in [0.25, 0.3) is 0 Å². The summed E-state index contributed by atoms with van der Waals surface area (Å²) in [5.74, 6) is 0.658. The minimum Gasteiger partial charge on any atom is -0.417 e. The maximum absolute atomic E-state index is 13.2. The molecule has 0 N–H and O–H groups in total. The topological polar surface area (TPSA) is 29.5 Å². The van der Waals surface area contributed by atoms with Gasteiger partial charge in [-0.15, -0.1) is 0 Å². The van der Waals surface area contributed by atoms with Gasteiger partial charge in [-0.2, -0.15) is 0 Å². The van der Waals surface area contributed by atoms with Crippen LogP contribution in [0.4, 0.5) is 0 Å². The Morgan fingerprint density at radius 2 is 1.67 bits per heavy atom. The summed E-state index contributed by atoms with van der Waals surface area (Å²) in [6, 6.07) is 0.459. The fourth-order valence-electron chi connectivity index (χ4n) is 4.61. The first kappa shape index (κ1) is 20.0. The third kappa shape index (κ3) is 4.24. The van der Waals surface area contributed by atoms with Gasteiger partial charge in [-0.25, -0.2) is 0 Å². The van der Waals surface area contributed by atoms with Crippen molar-refractivity contribution >= 4 is 14.9 Å². The zero-order valence-electron chi connectivity index (χ0n) is 17.0. The molecule has 3 nitrogen and oxygen atoms in total. The molecule has 140 valence electrons. The molecular formula is C20H39NO2Si. The van der Waals surface area contributed by atoms with Crippen molar-refractivity contribution in [3.8, 4) is 0 Å². The maximum atomic E-state index is 13.2. The lowest BCUT2D eigenvalue weighted by atomic mass is 9.70. The Bertz CT molecular complexity index is 433. The van der Waals surface area contributed by atoms with E-state index in [0.29, 0.717) is 17.9 Å². The first-order valence-corrected chi connectivity index (χ1v) is 12.8. The predicted molar refractivity (Wildman–Crippen MR) is 104 cm³/mol. The Labute approximate surface area is 151 Å². The third-order valence-electron chi connectivity index (χ3n) is 6.04. The van der Waals surface area contributed by atoms with Crippen molar-refractivity contribution in [1.29, 1.82) is 0 Å². The molecule has 0 aromatic rings. The van der Waals surface area contributed by atoms with Crippen LogP contribution in [0.15, 0.2) is 0 Å². The summed E-state index contributed by atoms with van der Waals surface area (Å²) in [5, 5.41) is 0. The lowest BCUT2D eigenvalue weighted by molar-refractivity contribution is -0.138. The predicted octanol–water partition coefficient (Wildman–Crippen LogP) is 4.61. The molecule has 4 heteroatoms. The number of rotatable bonds is 4. The van der Waals surface area contributed by atoms with Gasteiger partial charge in [0.05, 0.1) is 11.5 Å². The fraction of sp³-hybridized carbons (Fsp3) is 0.950. The Morgan fingerprint density at radius 1 is 1.12 bits per heavy atom. The number of likely N-dealkylation sites (tertiary alicyclic amines) is 1. The molecule has 2 aliphatic rings. The van der Waals surface area contributed by atoms with Crippen LogP contribution in [0.2, 0.25) is 13.1 Å². The smallest absolute Gasteiger partial charge is 0.228 e. The number of hydrogen-bond donors (Lipinski definition) is 0. The van der Waals surface area contributed by atoms with E-state index in [2.05, 4.69) is 52.6 Å². The van der Waals surface area contributed by atoms with Gasteiger partial charge in [-0.3, -0.25) is 4.79 Å². The lowest BCUT2D eigenvalue weighted by Gasteiger charge is -2.41.